The molecule has 0 aromatic carbocycles. The molecule has 1 fully saturated rings. The first kappa shape index (κ1) is 15.9. The fourth-order valence-corrected chi connectivity index (χ4v) is 2.83. The molecule has 1 amide bonds. The molecule has 8 nitrogen and oxygen atoms in total. The number of piperidine rings is 1. The van der Waals surface area contributed by atoms with E-state index in [9.17, 15) is 13.2 Å². The molecule has 0 spiro atoms. The molecule has 0 bridgehead atoms. The van der Waals surface area contributed by atoms with Gasteiger partial charge in [-0.1, -0.05) is 5.21 Å². The molecule has 2 heterocycles. The summed E-state index contributed by atoms with van der Waals surface area (Å²) in [7, 11) is -1.52. The van der Waals surface area contributed by atoms with E-state index >= 15 is 0 Å². The van der Waals surface area contributed by atoms with Crippen molar-refractivity contribution in [3.63, 3.8) is 0 Å². The predicted molar refractivity (Wildman–Crippen MR) is 77.8 cm³/mol. The minimum Gasteiger partial charge on any atom is -0.339 e. The van der Waals surface area contributed by atoms with Gasteiger partial charge in [-0.05, 0) is 25.9 Å². The topological polar surface area (TPSA) is 97.2 Å². The van der Waals surface area contributed by atoms with Crippen LogP contribution in [0.2, 0.25) is 0 Å². The molecule has 9 heteroatoms. The van der Waals surface area contributed by atoms with Crippen molar-refractivity contribution in [2.45, 2.75) is 18.9 Å². The van der Waals surface area contributed by atoms with Crippen LogP contribution in [0.3, 0.4) is 0 Å². The second-order valence-corrected chi connectivity index (χ2v) is 7.68. The highest BCUT2D eigenvalue weighted by molar-refractivity contribution is 7.90. The van der Waals surface area contributed by atoms with Gasteiger partial charge < -0.3 is 10.2 Å². The van der Waals surface area contributed by atoms with Crippen LogP contribution in [0.1, 0.15) is 29.4 Å². The van der Waals surface area contributed by atoms with Crippen molar-refractivity contribution in [1.82, 2.24) is 25.2 Å². The smallest absolute Gasteiger partial charge is 0.275 e. The zero-order valence-electron chi connectivity index (χ0n) is 12.3. The molecule has 1 aliphatic rings. The lowest BCUT2D eigenvalue weighted by Gasteiger charge is -2.22. The van der Waals surface area contributed by atoms with Crippen molar-refractivity contribution in [2.75, 3.05) is 38.7 Å². The second-order valence-electron chi connectivity index (χ2n) is 5.42. The Morgan fingerprint density at radius 1 is 1.48 bits per heavy atom. The van der Waals surface area contributed by atoms with Gasteiger partial charge >= 0.3 is 0 Å². The van der Waals surface area contributed by atoms with E-state index in [4.69, 9.17) is 0 Å². The largest absolute Gasteiger partial charge is 0.339 e. The van der Waals surface area contributed by atoms with Gasteiger partial charge in [-0.25, -0.2) is 13.1 Å². The van der Waals surface area contributed by atoms with E-state index in [1.165, 1.54) is 4.90 Å². The Morgan fingerprint density at radius 3 is 2.76 bits per heavy atom. The highest BCUT2D eigenvalue weighted by Gasteiger charge is 2.21. The second kappa shape index (κ2) is 6.52. The molecule has 118 valence electrons. The number of nitrogens with zero attached hydrogens (tertiary/aromatic N) is 4. The van der Waals surface area contributed by atoms with Gasteiger partial charge in [0.15, 0.2) is 5.69 Å². The summed E-state index contributed by atoms with van der Waals surface area (Å²) in [4.78, 5) is 13.5. The quantitative estimate of drug-likeness (QED) is 0.773. The van der Waals surface area contributed by atoms with E-state index in [1.54, 1.807) is 17.9 Å². The Kier molecular flexibility index (Phi) is 4.94. The summed E-state index contributed by atoms with van der Waals surface area (Å²) < 4.78 is 24.0. The first-order valence-corrected chi connectivity index (χ1v) is 8.98. The Balaban J connectivity index is 1.97. The maximum Gasteiger partial charge on any atom is 0.275 e. The average molecular weight is 315 g/mol. The molecule has 0 aliphatic carbocycles. The van der Waals surface area contributed by atoms with Crippen molar-refractivity contribution in [3.05, 3.63) is 11.9 Å². The van der Waals surface area contributed by atoms with E-state index < -0.39 is 9.84 Å². The van der Waals surface area contributed by atoms with Crippen LogP contribution < -0.4 is 5.32 Å². The van der Waals surface area contributed by atoms with Gasteiger partial charge in [0.25, 0.3) is 5.91 Å². The molecular weight excluding hydrogens is 294 g/mol. The lowest BCUT2D eigenvalue weighted by atomic mass is 10.1. The van der Waals surface area contributed by atoms with Crippen LogP contribution in [0.5, 0.6) is 0 Å². The zero-order valence-corrected chi connectivity index (χ0v) is 13.1. The van der Waals surface area contributed by atoms with Crippen molar-refractivity contribution in [3.8, 4) is 0 Å². The van der Waals surface area contributed by atoms with Gasteiger partial charge in [0.1, 0.15) is 9.84 Å². The molecule has 0 unspecified atom stereocenters. The number of amides is 1. The predicted octanol–water partition coefficient (Wildman–Crippen LogP) is -0.681. The van der Waals surface area contributed by atoms with Crippen LogP contribution in [0, 0.1) is 0 Å². The van der Waals surface area contributed by atoms with Crippen LogP contribution in [0.15, 0.2) is 6.20 Å². The Morgan fingerprint density at radius 2 is 2.14 bits per heavy atom. The molecule has 1 N–H and O–H groups in total. The van der Waals surface area contributed by atoms with E-state index in [1.807, 2.05) is 0 Å². The molecule has 0 saturated carbocycles. The number of rotatable bonds is 5. The molecule has 1 aliphatic heterocycles. The molecule has 1 aromatic heterocycles. The third-order valence-electron chi connectivity index (χ3n) is 3.56. The van der Waals surface area contributed by atoms with E-state index in [0.29, 0.717) is 0 Å². The number of nitrogens with one attached hydrogen (secondary N) is 1. The van der Waals surface area contributed by atoms with E-state index in [0.717, 1.165) is 32.2 Å². The third-order valence-corrected chi connectivity index (χ3v) is 4.48. The first-order valence-electron chi connectivity index (χ1n) is 6.92. The summed E-state index contributed by atoms with van der Waals surface area (Å²) in [5, 5.41) is 11.2. The Bertz CT molecular complexity index is 592. The van der Waals surface area contributed by atoms with Crippen LogP contribution in [-0.4, -0.2) is 72.9 Å². The number of hydrogen-bond acceptors (Lipinski definition) is 6. The Hall–Kier alpha value is -1.48. The SMILES string of the molecule is CN(CCS(C)(=O)=O)C(=O)c1cn(C2CCNCC2)nn1. The molecule has 21 heavy (non-hydrogen) atoms. The number of hydrogen-bond donors (Lipinski definition) is 1. The van der Waals surface area contributed by atoms with Gasteiger partial charge in [-0.3, -0.25) is 4.79 Å². The number of aromatic nitrogens is 3. The molecule has 1 saturated heterocycles. The van der Waals surface area contributed by atoms with Crippen LogP contribution in [0.4, 0.5) is 0 Å². The third kappa shape index (κ3) is 4.50. The van der Waals surface area contributed by atoms with Crippen LogP contribution >= 0.6 is 0 Å². The maximum atomic E-state index is 12.2. The average Bonchev–Trinajstić information content (AvgIpc) is 2.94. The van der Waals surface area contributed by atoms with Gasteiger partial charge in [0.05, 0.1) is 18.0 Å². The normalized spacial score (nSPS) is 16.9. The van der Waals surface area contributed by atoms with Crippen molar-refractivity contribution < 1.29 is 13.2 Å². The molecule has 0 atom stereocenters. The van der Waals surface area contributed by atoms with Gasteiger partial charge in [0, 0.05) is 19.8 Å². The number of carbonyl (C=O) groups excluding carboxylic acids is 1. The molecular formula is C12H21N5O3S. The highest BCUT2D eigenvalue weighted by Crippen LogP contribution is 2.17. The fourth-order valence-electron chi connectivity index (χ4n) is 2.22. The van der Waals surface area contributed by atoms with Gasteiger partial charge in [0.2, 0.25) is 0 Å². The van der Waals surface area contributed by atoms with Crippen molar-refractivity contribution in [1.29, 1.82) is 0 Å². The number of carbonyl (C=O) groups is 1. The number of sulfone groups is 1. The monoisotopic (exact) mass is 315 g/mol. The van der Waals surface area contributed by atoms with E-state index in [-0.39, 0.29) is 29.9 Å². The summed E-state index contributed by atoms with van der Waals surface area (Å²) in [5.41, 5.74) is 0.254. The fraction of sp³-hybridized carbons (Fsp3) is 0.750. The minimum absolute atomic E-state index is 0.0579. The summed E-state index contributed by atoms with van der Waals surface area (Å²) >= 11 is 0. The highest BCUT2D eigenvalue weighted by atomic mass is 32.2. The van der Waals surface area contributed by atoms with Gasteiger partial charge in [-0.15, -0.1) is 5.10 Å². The maximum absolute atomic E-state index is 12.2. The standard InChI is InChI=1S/C12H21N5O3S/c1-16(7-8-21(2,19)20)12(18)11-9-17(15-14-11)10-3-5-13-6-4-10/h9-10,13H,3-8H2,1-2H3. The van der Waals surface area contributed by atoms with Crippen LogP contribution in [-0.2, 0) is 9.84 Å². The van der Waals surface area contributed by atoms with E-state index in [2.05, 4.69) is 15.6 Å². The van der Waals surface area contributed by atoms with Crippen molar-refractivity contribution >= 4 is 15.7 Å². The summed E-state index contributed by atoms with van der Waals surface area (Å²) in [6, 6.07) is 0.265. The Labute approximate surface area is 124 Å². The lowest BCUT2D eigenvalue weighted by molar-refractivity contribution is 0.0797. The summed E-state index contributed by atoms with van der Waals surface area (Å²) in [6.07, 6.45) is 4.72. The zero-order chi connectivity index (χ0) is 15.5. The molecule has 2 rings (SSSR count). The minimum atomic E-state index is -3.09. The van der Waals surface area contributed by atoms with Crippen molar-refractivity contribution in [2.24, 2.45) is 0 Å². The van der Waals surface area contributed by atoms with Crippen LogP contribution in [0.25, 0.3) is 0 Å². The summed E-state index contributed by atoms with van der Waals surface area (Å²) in [6.45, 7) is 2.02. The lowest BCUT2D eigenvalue weighted by Crippen LogP contribution is -2.31. The summed E-state index contributed by atoms with van der Waals surface area (Å²) in [5.74, 6) is -0.365. The molecule has 1 aromatic rings. The molecule has 0 radical (unpaired) electrons. The van der Waals surface area contributed by atoms with Gasteiger partial charge in [-0.2, -0.15) is 0 Å². The first-order chi connectivity index (χ1) is 9.87.